The second-order valence-electron chi connectivity index (χ2n) is 7.86. The first-order valence-electron chi connectivity index (χ1n) is 10.8. The second-order valence-corrected chi connectivity index (χ2v) is 8.86. The molecule has 0 atom stereocenters. The number of carbonyl (C=O) groups excluding carboxylic acids is 2. The predicted octanol–water partition coefficient (Wildman–Crippen LogP) is 5.15. The molecule has 2 aromatic carbocycles. The molecule has 0 aliphatic heterocycles. The summed E-state index contributed by atoms with van der Waals surface area (Å²) in [6, 6.07) is 19.7. The lowest BCUT2D eigenvalue weighted by molar-refractivity contribution is 0.0607. The number of nitrogens with one attached hydrogen (secondary N) is 1. The number of hydrogen-bond acceptors (Lipinski definition) is 6. The largest absolute Gasteiger partial charge is 0.465 e. The van der Waals surface area contributed by atoms with Gasteiger partial charge in [0.05, 0.1) is 24.1 Å². The van der Waals surface area contributed by atoms with Gasteiger partial charge < -0.3 is 15.0 Å². The average Bonchev–Trinajstić information content (AvgIpc) is 3.20. The number of pyridine rings is 1. The number of esters is 1. The number of amides is 1. The fourth-order valence-corrected chi connectivity index (χ4v) is 4.68. The fourth-order valence-electron chi connectivity index (χ4n) is 3.61. The van der Waals surface area contributed by atoms with E-state index in [0.29, 0.717) is 16.8 Å². The number of fused-ring (bicyclic) bond motifs is 1. The van der Waals surface area contributed by atoms with E-state index in [1.807, 2.05) is 37.4 Å². The van der Waals surface area contributed by atoms with E-state index in [1.165, 1.54) is 30.9 Å². The van der Waals surface area contributed by atoms with Crippen molar-refractivity contribution < 1.29 is 18.7 Å². The third kappa shape index (κ3) is 5.30. The van der Waals surface area contributed by atoms with Crippen molar-refractivity contribution in [2.45, 2.75) is 13.0 Å². The smallest absolute Gasteiger partial charge is 0.350 e. The van der Waals surface area contributed by atoms with E-state index in [0.717, 1.165) is 30.0 Å². The molecule has 2 heterocycles. The van der Waals surface area contributed by atoms with Crippen LogP contribution in [0.4, 0.5) is 10.1 Å². The summed E-state index contributed by atoms with van der Waals surface area (Å²) in [7, 11) is 3.30. The average molecular weight is 478 g/mol. The van der Waals surface area contributed by atoms with Crippen molar-refractivity contribution in [2.24, 2.45) is 0 Å². The number of likely N-dealkylation sites (N-methyl/N-ethyl adjacent to an activating group) is 1. The van der Waals surface area contributed by atoms with Gasteiger partial charge in [0.25, 0.3) is 5.91 Å². The summed E-state index contributed by atoms with van der Waals surface area (Å²) in [4.78, 5) is 32.8. The summed E-state index contributed by atoms with van der Waals surface area (Å²) in [5, 5.41) is 3.29. The SMILES string of the molecule is COC(=O)c1sc2nc(CN(C)CCc3ccccc3)ccc2c1NC(=O)c1ccccc1F. The number of benzene rings is 2. The van der Waals surface area contributed by atoms with E-state index in [-0.39, 0.29) is 16.1 Å². The zero-order valence-corrected chi connectivity index (χ0v) is 19.7. The standard InChI is InChI=1S/C26H24FN3O3S/c1-30(15-14-17-8-4-3-5-9-17)16-18-12-13-20-22(23(26(32)33-2)34-25(20)28-18)29-24(31)19-10-6-7-11-21(19)27/h3-13H,14-16H2,1-2H3,(H,29,31). The van der Waals surface area contributed by atoms with Gasteiger partial charge in [-0.05, 0) is 43.3 Å². The molecule has 0 aliphatic carbocycles. The van der Waals surface area contributed by atoms with Gasteiger partial charge in [-0.25, -0.2) is 14.2 Å². The van der Waals surface area contributed by atoms with E-state index >= 15 is 0 Å². The first kappa shape index (κ1) is 23.5. The highest BCUT2D eigenvalue weighted by Crippen LogP contribution is 2.36. The molecule has 0 fully saturated rings. The van der Waals surface area contributed by atoms with Crippen molar-refractivity contribution in [3.8, 4) is 0 Å². The molecular formula is C26H24FN3O3S. The molecule has 1 N–H and O–H groups in total. The van der Waals surface area contributed by atoms with Gasteiger partial charge in [0.2, 0.25) is 0 Å². The molecule has 0 radical (unpaired) electrons. The fraction of sp³-hybridized carbons (Fsp3) is 0.192. The molecular weight excluding hydrogens is 453 g/mol. The Balaban J connectivity index is 1.56. The molecule has 2 aromatic heterocycles. The van der Waals surface area contributed by atoms with Crippen LogP contribution >= 0.6 is 11.3 Å². The van der Waals surface area contributed by atoms with Gasteiger partial charge in [0.1, 0.15) is 15.5 Å². The van der Waals surface area contributed by atoms with Crippen molar-refractivity contribution in [3.05, 3.63) is 94.2 Å². The maximum absolute atomic E-state index is 14.1. The highest BCUT2D eigenvalue weighted by Gasteiger charge is 2.23. The third-order valence-electron chi connectivity index (χ3n) is 5.40. The molecule has 0 saturated heterocycles. The maximum Gasteiger partial charge on any atom is 0.350 e. The Labute approximate surface area is 201 Å². The lowest BCUT2D eigenvalue weighted by atomic mass is 10.1. The van der Waals surface area contributed by atoms with Crippen LogP contribution in [0.25, 0.3) is 10.2 Å². The molecule has 0 aliphatic rings. The van der Waals surface area contributed by atoms with E-state index in [4.69, 9.17) is 9.72 Å². The van der Waals surface area contributed by atoms with Crippen LogP contribution in [0.5, 0.6) is 0 Å². The number of hydrogen-bond donors (Lipinski definition) is 1. The Morgan fingerprint density at radius 2 is 1.79 bits per heavy atom. The zero-order valence-electron chi connectivity index (χ0n) is 18.9. The molecule has 0 bridgehead atoms. The van der Waals surface area contributed by atoms with E-state index in [1.54, 1.807) is 6.07 Å². The van der Waals surface area contributed by atoms with Gasteiger partial charge in [-0.3, -0.25) is 4.79 Å². The van der Waals surface area contributed by atoms with Crippen molar-refractivity contribution in [1.82, 2.24) is 9.88 Å². The first-order chi connectivity index (χ1) is 16.5. The minimum atomic E-state index is -0.646. The maximum atomic E-state index is 14.1. The molecule has 0 unspecified atom stereocenters. The quantitative estimate of drug-likeness (QED) is 0.356. The van der Waals surface area contributed by atoms with Crippen LogP contribution in [0.1, 0.15) is 31.3 Å². The molecule has 0 saturated carbocycles. The minimum Gasteiger partial charge on any atom is -0.465 e. The normalized spacial score (nSPS) is 11.1. The third-order valence-corrected chi connectivity index (χ3v) is 6.48. The summed E-state index contributed by atoms with van der Waals surface area (Å²) in [5.74, 6) is -1.88. The van der Waals surface area contributed by atoms with Gasteiger partial charge in [0.15, 0.2) is 0 Å². The van der Waals surface area contributed by atoms with Crippen LogP contribution < -0.4 is 5.32 Å². The number of halogens is 1. The van der Waals surface area contributed by atoms with E-state index < -0.39 is 17.7 Å². The number of nitrogens with zero attached hydrogens (tertiary/aromatic N) is 2. The second kappa shape index (κ2) is 10.5. The Bertz CT molecular complexity index is 1320. The van der Waals surface area contributed by atoms with Gasteiger partial charge in [-0.15, -0.1) is 11.3 Å². The van der Waals surface area contributed by atoms with Crippen LogP contribution in [-0.2, 0) is 17.7 Å². The van der Waals surface area contributed by atoms with Crippen LogP contribution in [0, 0.1) is 5.82 Å². The first-order valence-corrected chi connectivity index (χ1v) is 11.6. The minimum absolute atomic E-state index is 0.109. The van der Waals surface area contributed by atoms with Gasteiger partial charge in [-0.1, -0.05) is 42.5 Å². The topological polar surface area (TPSA) is 71.5 Å². The van der Waals surface area contributed by atoms with E-state index in [9.17, 15) is 14.0 Å². The Kier molecular flexibility index (Phi) is 7.30. The summed E-state index contributed by atoms with van der Waals surface area (Å²) in [6.07, 6.45) is 0.928. The monoisotopic (exact) mass is 477 g/mol. The van der Waals surface area contributed by atoms with Crippen molar-refractivity contribution >= 4 is 39.1 Å². The number of rotatable bonds is 8. The number of aromatic nitrogens is 1. The highest BCUT2D eigenvalue weighted by atomic mass is 32.1. The van der Waals surface area contributed by atoms with Crippen LogP contribution in [0.15, 0.2) is 66.7 Å². The molecule has 6 nitrogen and oxygen atoms in total. The number of thiophene rings is 1. The number of anilines is 1. The van der Waals surface area contributed by atoms with Crippen LogP contribution in [0.2, 0.25) is 0 Å². The van der Waals surface area contributed by atoms with Crippen molar-refractivity contribution in [3.63, 3.8) is 0 Å². The molecule has 4 aromatic rings. The zero-order chi connectivity index (χ0) is 24.1. The Morgan fingerprint density at radius 3 is 2.53 bits per heavy atom. The van der Waals surface area contributed by atoms with E-state index in [2.05, 4.69) is 22.3 Å². The number of ether oxygens (including phenoxy) is 1. The number of carbonyl (C=O) groups is 2. The molecule has 1 amide bonds. The summed E-state index contributed by atoms with van der Waals surface area (Å²) >= 11 is 1.14. The molecule has 174 valence electrons. The Morgan fingerprint density at radius 1 is 1.06 bits per heavy atom. The summed E-state index contributed by atoms with van der Waals surface area (Å²) < 4.78 is 19.0. The lowest BCUT2D eigenvalue weighted by Gasteiger charge is -2.16. The summed E-state index contributed by atoms with van der Waals surface area (Å²) in [6.45, 7) is 1.50. The van der Waals surface area contributed by atoms with Gasteiger partial charge in [-0.2, -0.15) is 0 Å². The highest BCUT2D eigenvalue weighted by molar-refractivity contribution is 7.21. The molecule has 0 spiro atoms. The van der Waals surface area contributed by atoms with Crippen LogP contribution in [-0.4, -0.2) is 42.5 Å². The van der Waals surface area contributed by atoms with Crippen molar-refractivity contribution in [1.29, 1.82) is 0 Å². The van der Waals surface area contributed by atoms with Crippen molar-refractivity contribution in [2.75, 3.05) is 26.0 Å². The molecule has 34 heavy (non-hydrogen) atoms. The number of methoxy groups -OCH3 is 1. The molecule has 4 rings (SSSR count). The summed E-state index contributed by atoms with van der Waals surface area (Å²) in [5.41, 5.74) is 2.28. The Hall–Kier alpha value is -3.62. The lowest BCUT2D eigenvalue weighted by Crippen LogP contribution is -2.21. The molecule has 8 heteroatoms. The van der Waals surface area contributed by atoms with Crippen LogP contribution in [0.3, 0.4) is 0 Å². The van der Waals surface area contributed by atoms with Gasteiger partial charge in [0, 0.05) is 18.5 Å². The van der Waals surface area contributed by atoms with Gasteiger partial charge >= 0.3 is 5.97 Å². The predicted molar refractivity (Wildman–Crippen MR) is 132 cm³/mol.